The van der Waals surface area contributed by atoms with Crippen molar-refractivity contribution in [1.29, 1.82) is 0 Å². The number of amides is 1. The molecule has 0 spiro atoms. The lowest BCUT2D eigenvalue weighted by Crippen LogP contribution is -2.31. The Morgan fingerprint density at radius 2 is 2.23 bits per heavy atom. The molecule has 2 N–H and O–H groups in total. The van der Waals surface area contributed by atoms with Gasteiger partial charge in [-0.3, -0.25) is 4.79 Å². The number of nitrogens with one attached hydrogen (secondary N) is 1. The zero-order valence-electron chi connectivity index (χ0n) is 7.10. The Kier molecular flexibility index (Phi) is 2.02. The van der Waals surface area contributed by atoms with Crippen LogP contribution < -0.4 is 5.32 Å². The summed E-state index contributed by atoms with van der Waals surface area (Å²) < 4.78 is 0. The molecule has 1 aliphatic carbocycles. The van der Waals surface area contributed by atoms with E-state index in [0.717, 1.165) is 17.5 Å². The van der Waals surface area contributed by atoms with E-state index >= 15 is 0 Å². The average Bonchev–Trinajstić information content (AvgIpc) is 2.46. The molecule has 2 atom stereocenters. The number of fused-ring (bicyclic) bond motifs is 1. The summed E-state index contributed by atoms with van der Waals surface area (Å²) in [5.74, 6) is 0. The minimum absolute atomic E-state index is 0.158. The van der Waals surface area contributed by atoms with Gasteiger partial charge in [0.05, 0.1) is 12.1 Å². The van der Waals surface area contributed by atoms with Crippen LogP contribution in [0.25, 0.3) is 0 Å². The van der Waals surface area contributed by atoms with Crippen LogP contribution in [0.1, 0.15) is 17.2 Å². The Morgan fingerprint density at radius 3 is 2.92 bits per heavy atom. The third-order valence-corrected chi connectivity index (χ3v) is 2.48. The lowest BCUT2D eigenvalue weighted by Gasteiger charge is -2.12. The number of carbonyl (C=O) groups is 1. The van der Waals surface area contributed by atoms with Gasteiger partial charge in [-0.05, 0) is 17.5 Å². The molecule has 0 radical (unpaired) electrons. The fourth-order valence-corrected chi connectivity index (χ4v) is 1.81. The van der Waals surface area contributed by atoms with Crippen LogP contribution in [0.5, 0.6) is 0 Å². The van der Waals surface area contributed by atoms with Crippen LogP contribution in [-0.4, -0.2) is 17.6 Å². The second-order valence-electron chi connectivity index (χ2n) is 3.24. The summed E-state index contributed by atoms with van der Waals surface area (Å²) >= 11 is 0. The molecule has 0 fully saturated rings. The maximum absolute atomic E-state index is 10.2. The molecule has 0 saturated carbocycles. The number of aliphatic hydroxyl groups is 1. The molecule has 3 heteroatoms. The third-order valence-electron chi connectivity index (χ3n) is 2.48. The normalized spacial score (nSPS) is 25.3. The van der Waals surface area contributed by atoms with E-state index in [-0.39, 0.29) is 6.04 Å². The van der Waals surface area contributed by atoms with Crippen LogP contribution in [0.2, 0.25) is 0 Å². The van der Waals surface area contributed by atoms with E-state index in [1.807, 2.05) is 24.3 Å². The van der Waals surface area contributed by atoms with Gasteiger partial charge in [0.15, 0.2) is 0 Å². The van der Waals surface area contributed by atoms with Crippen molar-refractivity contribution in [3.8, 4) is 0 Å². The van der Waals surface area contributed by atoms with Gasteiger partial charge in [-0.15, -0.1) is 0 Å². The zero-order chi connectivity index (χ0) is 9.26. The molecule has 1 aliphatic rings. The summed E-state index contributed by atoms with van der Waals surface area (Å²) in [5.41, 5.74) is 2.05. The Hall–Kier alpha value is -1.35. The van der Waals surface area contributed by atoms with Crippen LogP contribution in [-0.2, 0) is 11.2 Å². The van der Waals surface area contributed by atoms with E-state index in [9.17, 15) is 9.90 Å². The fraction of sp³-hybridized carbons (Fsp3) is 0.300. The molecule has 0 aliphatic heterocycles. The second kappa shape index (κ2) is 3.18. The standard InChI is InChI=1S/C10H11NO2/c12-6-11-9-5-7-3-1-2-4-8(7)10(9)13/h1-4,6,9-10,13H,5H2,(H,11,12)/t9-,10-/m0/s1. The van der Waals surface area contributed by atoms with Crippen molar-refractivity contribution in [3.05, 3.63) is 35.4 Å². The third kappa shape index (κ3) is 1.31. The van der Waals surface area contributed by atoms with E-state index in [1.54, 1.807) is 0 Å². The van der Waals surface area contributed by atoms with Crippen molar-refractivity contribution in [2.24, 2.45) is 0 Å². The number of hydrogen-bond acceptors (Lipinski definition) is 2. The summed E-state index contributed by atoms with van der Waals surface area (Å²) in [6, 6.07) is 7.55. The van der Waals surface area contributed by atoms with Gasteiger partial charge >= 0.3 is 0 Å². The molecule has 0 unspecified atom stereocenters. The lowest BCUT2D eigenvalue weighted by molar-refractivity contribution is -0.110. The molecule has 3 nitrogen and oxygen atoms in total. The monoisotopic (exact) mass is 177 g/mol. The molecule has 0 aromatic heterocycles. The predicted octanol–water partition coefficient (Wildman–Crippen LogP) is 0.391. The van der Waals surface area contributed by atoms with Gasteiger partial charge in [0.1, 0.15) is 0 Å². The molecular formula is C10H11NO2. The van der Waals surface area contributed by atoms with Crippen molar-refractivity contribution in [2.75, 3.05) is 0 Å². The molecule has 0 heterocycles. The summed E-state index contributed by atoms with van der Waals surface area (Å²) in [5, 5.41) is 12.4. The topological polar surface area (TPSA) is 49.3 Å². The largest absolute Gasteiger partial charge is 0.386 e. The van der Waals surface area contributed by atoms with Crippen molar-refractivity contribution in [3.63, 3.8) is 0 Å². The molecular weight excluding hydrogens is 166 g/mol. The number of hydrogen-bond donors (Lipinski definition) is 2. The summed E-state index contributed by atoms with van der Waals surface area (Å²) in [4.78, 5) is 10.2. The first-order chi connectivity index (χ1) is 6.33. The minimum atomic E-state index is -0.554. The van der Waals surface area contributed by atoms with Crippen molar-refractivity contribution >= 4 is 6.41 Å². The number of aliphatic hydroxyl groups excluding tert-OH is 1. The van der Waals surface area contributed by atoms with Gasteiger partial charge < -0.3 is 10.4 Å². The van der Waals surface area contributed by atoms with Crippen LogP contribution >= 0.6 is 0 Å². The van der Waals surface area contributed by atoms with Crippen LogP contribution in [0.3, 0.4) is 0 Å². The fourth-order valence-electron chi connectivity index (χ4n) is 1.81. The first-order valence-electron chi connectivity index (χ1n) is 4.28. The zero-order valence-corrected chi connectivity index (χ0v) is 7.10. The Labute approximate surface area is 76.4 Å². The summed E-state index contributed by atoms with van der Waals surface area (Å²) in [6.07, 6.45) is 0.803. The number of rotatable bonds is 2. The van der Waals surface area contributed by atoms with Gasteiger partial charge in [0.25, 0.3) is 0 Å². The van der Waals surface area contributed by atoms with Gasteiger partial charge in [-0.1, -0.05) is 24.3 Å². The highest BCUT2D eigenvalue weighted by Crippen LogP contribution is 2.30. The maximum Gasteiger partial charge on any atom is 0.207 e. The Bertz CT molecular complexity index is 324. The quantitative estimate of drug-likeness (QED) is 0.642. The molecule has 1 amide bonds. The molecule has 2 rings (SSSR count). The van der Waals surface area contributed by atoms with Gasteiger partial charge in [0.2, 0.25) is 6.41 Å². The van der Waals surface area contributed by atoms with E-state index in [0.29, 0.717) is 6.41 Å². The van der Waals surface area contributed by atoms with E-state index < -0.39 is 6.10 Å². The SMILES string of the molecule is O=CN[C@H]1Cc2ccccc2[C@@H]1O. The van der Waals surface area contributed by atoms with Crippen LogP contribution in [0, 0.1) is 0 Å². The molecule has 68 valence electrons. The highest BCUT2D eigenvalue weighted by molar-refractivity contribution is 5.49. The predicted molar refractivity (Wildman–Crippen MR) is 48.1 cm³/mol. The molecule has 13 heavy (non-hydrogen) atoms. The van der Waals surface area contributed by atoms with Crippen LogP contribution in [0.15, 0.2) is 24.3 Å². The van der Waals surface area contributed by atoms with E-state index in [2.05, 4.69) is 5.32 Å². The molecule has 1 aromatic rings. The summed E-state index contributed by atoms with van der Waals surface area (Å²) in [6.45, 7) is 0. The maximum atomic E-state index is 10.2. The van der Waals surface area contributed by atoms with Crippen LogP contribution in [0.4, 0.5) is 0 Å². The first kappa shape index (κ1) is 8.26. The van der Waals surface area contributed by atoms with E-state index in [1.165, 1.54) is 0 Å². The van der Waals surface area contributed by atoms with Crippen molar-refractivity contribution < 1.29 is 9.90 Å². The highest BCUT2D eigenvalue weighted by atomic mass is 16.3. The van der Waals surface area contributed by atoms with Crippen molar-refractivity contribution in [1.82, 2.24) is 5.32 Å². The van der Waals surface area contributed by atoms with Crippen molar-refractivity contribution in [2.45, 2.75) is 18.6 Å². The lowest BCUT2D eigenvalue weighted by atomic mass is 10.1. The second-order valence-corrected chi connectivity index (χ2v) is 3.24. The van der Waals surface area contributed by atoms with Gasteiger partial charge in [0, 0.05) is 0 Å². The van der Waals surface area contributed by atoms with Gasteiger partial charge in [-0.25, -0.2) is 0 Å². The molecule has 0 saturated heterocycles. The molecule has 0 bridgehead atoms. The highest BCUT2D eigenvalue weighted by Gasteiger charge is 2.29. The number of carbonyl (C=O) groups excluding carboxylic acids is 1. The Balaban J connectivity index is 2.27. The minimum Gasteiger partial charge on any atom is -0.386 e. The smallest absolute Gasteiger partial charge is 0.207 e. The van der Waals surface area contributed by atoms with E-state index in [4.69, 9.17) is 0 Å². The first-order valence-corrected chi connectivity index (χ1v) is 4.28. The van der Waals surface area contributed by atoms with Gasteiger partial charge in [-0.2, -0.15) is 0 Å². The summed E-state index contributed by atoms with van der Waals surface area (Å²) in [7, 11) is 0. The Morgan fingerprint density at radius 1 is 1.46 bits per heavy atom. The number of benzene rings is 1. The molecule has 1 aromatic carbocycles. The average molecular weight is 177 g/mol.